The zero-order valence-electron chi connectivity index (χ0n) is 7.11. The third-order valence-electron chi connectivity index (χ3n) is 2.40. The molecule has 1 heteroatoms. The second-order valence-corrected chi connectivity index (χ2v) is 4.09. The summed E-state index contributed by atoms with van der Waals surface area (Å²) in [6.45, 7) is 6.41. The van der Waals surface area contributed by atoms with Crippen molar-refractivity contribution >= 4 is 5.78 Å². The molecule has 0 radical (unpaired) electrons. The van der Waals surface area contributed by atoms with Crippen molar-refractivity contribution in [1.29, 1.82) is 0 Å². The van der Waals surface area contributed by atoms with Gasteiger partial charge in [0.2, 0.25) is 0 Å². The molecule has 0 bridgehead atoms. The zero-order valence-corrected chi connectivity index (χ0v) is 7.11. The summed E-state index contributed by atoms with van der Waals surface area (Å²) in [5, 5.41) is 0. The molecule has 1 aliphatic carbocycles. The van der Waals surface area contributed by atoms with E-state index >= 15 is 0 Å². The Morgan fingerprint density at radius 3 is 2.30 bits per heavy atom. The van der Waals surface area contributed by atoms with Gasteiger partial charge in [-0.1, -0.05) is 20.8 Å². The molecule has 10 heavy (non-hydrogen) atoms. The van der Waals surface area contributed by atoms with E-state index < -0.39 is 0 Å². The maximum atomic E-state index is 11.1. The van der Waals surface area contributed by atoms with Gasteiger partial charge in [-0.25, -0.2) is 0 Å². The smallest absolute Gasteiger partial charge is 0.135 e. The highest BCUT2D eigenvalue weighted by atomic mass is 16.1. The molecule has 0 amide bonds. The quantitative estimate of drug-likeness (QED) is 0.575. The van der Waals surface area contributed by atoms with Crippen LogP contribution >= 0.6 is 0 Å². The van der Waals surface area contributed by atoms with Crippen molar-refractivity contribution in [3.05, 3.63) is 0 Å². The van der Waals surface area contributed by atoms with Crippen LogP contribution in [0.3, 0.4) is 0 Å². The van der Waals surface area contributed by atoms with Gasteiger partial charge in [0.05, 0.1) is 0 Å². The Morgan fingerprint density at radius 2 is 2.00 bits per heavy atom. The summed E-state index contributed by atoms with van der Waals surface area (Å²) in [6, 6.07) is 0. The van der Waals surface area contributed by atoms with Gasteiger partial charge in [-0.15, -0.1) is 0 Å². The highest BCUT2D eigenvalue weighted by molar-refractivity contribution is 5.81. The molecule has 0 aromatic rings. The summed E-state index contributed by atoms with van der Waals surface area (Å²) in [7, 11) is 0. The van der Waals surface area contributed by atoms with Crippen LogP contribution in [-0.2, 0) is 4.79 Å². The molecule has 0 aromatic heterocycles. The van der Waals surface area contributed by atoms with Gasteiger partial charge in [-0.3, -0.25) is 4.79 Å². The second-order valence-electron chi connectivity index (χ2n) is 4.09. The lowest BCUT2D eigenvalue weighted by molar-refractivity contribution is -0.128. The lowest BCUT2D eigenvalue weighted by atomic mass is 9.63. The number of carbonyl (C=O) groups is 1. The van der Waals surface area contributed by atoms with Crippen LogP contribution in [-0.4, -0.2) is 5.78 Å². The summed E-state index contributed by atoms with van der Waals surface area (Å²) >= 11 is 0. The maximum Gasteiger partial charge on any atom is 0.135 e. The predicted octanol–water partition coefficient (Wildman–Crippen LogP) is 2.40. The van der Waals surface area contributed by atoms with Gasteiger partial charge in [0.25, 0.3) is 0 Å². The van der Waals surface area contributed by atoms with Gasteiger partial charge in [0, 0.05) is 12.3 Å². The fraction of sp³-hybridized carbons (Fsp3) is 0.889. The number of rotatable bonds is 2. The first-order chi connectivity index (χ1) is 4.55. The van der Waals surface area contributed by atoms with Crippen molar-refractivity contribution < 1.29 is 4.79 Å². The molecule has 1 nitrogen and oxygen atoms in total. The monoisotopic (exact) mass is 140 g/mol. The van der Waals surface area contributed by atoms with E-state index in [4.69, 9.17) is 0 Å². The molecule has 1 rings (SSSR count). The average Bonchev–Trinajstić information content (AvgIpc) is 1.81. The first kappa shape index (κ1) is 7.77. The van der Waals surface area contributed by atoms with Crippen LogP contribution < -0.4 is 0 Å². The first-order valence-electron chi connectivity index (χ1n) is 4.08. The van der Waals surface area contributed by atoms with E-state index in [1.165, 1.54) is 0 Å². The molecule has 0 saturated heterocycles. The van der Waals surface area contributed by atoms with Crippen LogP contribution in [0.2, 0.25) is 0 Å². The topological polar surface area (TPSA) is 17.1 Å². The van der Waals surface area contributed by atoms with E-state index in [0.717, 1.165) is 19.3 Å². The van der Waals surface area contributed by atoms with Crippen molar-refractivity contribution in [3.63, 3.8) is 0 Å². The van der Waals surface area contributed by atoms with E-state index in [0.29, 0.717) is 17.1 Å². The Kier molecular flexibility index (Phi) is 1.84. The molecule has 0 N–H and O–H groups in total. The SMILES string of the molecule is CCC(=O)C1CC(C)(C)C1. The number of hydrogen-bond acceptors (Lipinski definition) is 1. The average molecular weight is 140 g/mol. The normalized spacial score (nSPS) is 23.9. The molecule has 1 fully saturated rings. The molecule has 0 aromatic carbocycles. The van der Waals surface area contributed by atoms with Crippen LogP contribution in [0, 0.1) is 11.3 Å². The van der Waals surface area contributed by atoms with Crippen molar-refractivity contribution in [1.82, 2.24) is 0 Å². The van der Waals surface area contributed by atoms with Crippen molar-refractivity contribution in [3.8, 4) is 0 Å². The maximum absolute atomic E-state index is 11.1. The summed E-state index contributed by atoms with van der Waals surface area (Å²) < 4.78 is 0. The van der Waals surface area contributed by atoms with Crippen LogP contribution in [0.4, 0.5) is 0 Å². The summed E-state index contributed by atoms with van der Waals surface area (Å²) in [6.07, 6.45) is 2.94. The molecule has 1 aliphatic rings. The highest BCUT2D eigenvalue weighted by Gasteiger charge is 2.38. The molecule has 1 saturated carbocycles. The Morgan fingerprint density at radius 1 is 1.50 bits per heavy atom. The van der Waals surface area contributed by atoms with Gasteiger partial charge >= 0.3 is 0 Å². The van der Waals surface area contributed by atoms with Crippen LogP contribution in [0.25, 0.3) is 0 Å². The summed E-state index contributed by atoms with van der Waals surface area (Å²) in [5.41, 5.74) is 0.454. The van der Waals surface area contributed by atoms with E-state index in [2.05, 4.69) is 13.8 Å². The van der Waals surface area contributed by atoms with Gasteiger partial charge in [-0.2, -0.15) is 0 Å². The molecular formula is C9H16O. The minimum Gasteiger partial charge on any atom is -0.299 e. The fourth-order valence-corrected chi connectivity index (χ4v) is 1.79. The Bertz CT molecular complexity index is 139. The molecule has 58 valence electrons. The van der Waals surface area contributed by atoms with Crippen molar-refractivity contribution in [2.45, 2.75) is 40.0 Å². The molecule has 0 aliphatic heterocycles. The van der Waals surface area contributed by atoms with Crippen molar-refractivity contribution in [2.75, 3.05) is 0 Å². The predicted molar refractivity (Wildman–Crippen MR) is 41.8 cm³/mol. The van der Waals surface area contributed by atoms with E-state index in [1.54, 1.807) is 0 Å². The Hall–Kier alpha value is -0.330. The highest BCUT2D eigenvalue weighted by Crippen LogP contribution is 2.45. The number of hydrogen-bond donors (Lipinski definition) is 0. The zero-order chi connectivity index (χ0) is 7.78. The Labute approximate surface area is 62.8 Å². The third kappa shape index (κ3) is 1.39. The first-order valence-corrected chi connectivity index (χ1v) is 4.08. The summed E-state index contributed by atoms with van der Waals surface area (Å²) in [5.74, 6) is 0.860. The molecule has 0 spiro atoms. The second kappa shape index (κ2) is 2.37. The molecular weight excluding hydrogens is 124 g/mol. The molecule has 0 unspecified atom stereocenters. The van der Waals surface area contributed by atoms with Gasteiger partial charge in [-0.05, 0) is 18.3 Å². The number of ketones is 1. The largest absolute Gasteiger partial charge is 0.299 e. The van der Waals surface area contributed by atoms with Gasteiger partial charge in [0.15, 0.2) is 0 Å². The van der Waals surface area contributed by atoms with E-state index in [9.17, 15) is 4.79 Å². The van der Waals surface area contributed by atoms with Crippen LogP contribution in [0.15, 0.2) is 0 Å². The molecule has 0 atom stereocenters. The Balaban J connectivity index is 2.33. The third-order valence-corrected chi connectivity index (χ3v) is 2.40. The lowest BCUT2D eigenvalue weighted by Crippen LogP contribution is -2.36. The fourth-order valence-electron chi connectivity index (χ4n) is 1.79. The minimum atomic E-state index is 0.403. The number of Topliss-reactive ketones (excluding diaryl/α,β-unsaturated/α-hetero) is 1. The number of carbonyl (C=O) groups excluding carboxylic acids is 1. The van der Waals surface area contributed by atoms with Crippen molar-refractivity contribution in [2.24, 2.45) is 11.3 Å². The van der Waals surface area contributed by atoms with Crippen LogP contribution in [0.5, 0.6) is 0 Å². The van der Waals surface area contributed by atoms with E-state index in [-0.39, 0.29) is 0 Å². The lowest BCUT2D eigenvalue weighted by Gasteiger charge is -2.41. The van der Waals surface area contributed by atoms with Crippen LogP contribution in [0.1, 0.15) is 40.0 Å². The summed E-state index contributed by atoms with van der Waals surface area (Å²) in [4.78, 5) is 11.1. The van der Waals surface area contributed by atoms with Gasteiger partial charge < -0.3 is 0 Å². The van der Waals surface area contributed by atoms with E-state index in [1.807, 2.05) is 6.92 Å². The van der Waals surface area contributed by atoms with Gasteiger partial charge in [0.1, 0.15) is 5.78 Å². The minimum absolute atomic E-state index is 0.403. The molecule has 0 heterocycles. The standard InChI is InChI=1S/C9H16O/c1-4-8(10)7-5-9(2,3)6-7/h7H,4-6H2,1-3H3.